The highest BCUT2D eigenvalue weighted by molar-refractivity contribution is 5.44. The molecule has 2 aromatic rings. The first-order chi connectivity index (χ1) is 11.8. The number of unbranched alkanes of at least 4 members (excludes halogenated alkanes) is 1. The van der Waals surface area contributed by atoms with Gasteiger partial charge in [0.2, 0.25) is 5.95 Å². The van der Waals surface area contributed by atoms with Crippen molar-refractivity contribution in [2.24, 2.45) is 0 Å². The van der Waals surface area contributed by atoms with Crippen LogP contribution >= 0.6 is 0 Å². The van der Waals surface area contributed by atoms with Crippen molar-refractivity contribution in [3.05, 3.63) is 23.8 Å². The maximum atomic E-state index is 8.88. The molecule has 2 rings (SSSR count). The van der Waals surface area contributed by atoms with E-state index in [2.05, 4.69) is 27.8 Å². The van der Waals surface area contributed by atoms with Gasteiger partial charge in [0.25, 0.3) is 0 Å². The molecule has 0 unspecified atom stereocenters. The van der Waals surface area contributed by atoms with Crippen LogP contribution in [-0.4, -0.2) is 45.1 Å². The highest BCUT2D eigenvalue weighted by atomic mass is 16.5. The van der Waals surface area contributed by atoms with Gasteiger partial charge in [0.1, 0.15) is 6.61 Å². The Balaban J connectivity index is 2.01. The lowest BCUT2D eigenvalue weighted by Gasteiger charge is -2.13. The van der Waals surface area contributed by atoms with Gasteiger partial charge in [0.15, 0.2) is 11.5 Å². The molecule has 1 heterocycles. The number of tetrazole rings is 1. The highest BCUT2D eigenvalue weighted by Gasteiger charge is 2.09. The summed E-state index contributed by atoms with van der Waals surface area (Å²) in [6.07, 6.45) is 2.12. The smallest absolute Gasteiger partial charge is 0.243 e. The van der Waals surface area contributed by atoms with E-state index in [1.54, 1.807) is 4.68 Å². The molecular formula is C16H25N5O3. The van der Waals surface area contributed by atoms with E-state index in [0.29, 0.717) is 30.6 Å². The molecule has 0 aliphatic rings. The minimum Gasteiger partial charge on any atom is -0.490 e. The van der Waals surface area contributed by atoms with E-state index < -0.39 is 0 Å². The van der Waals surface area contributed by atoms with E-state index in [1.165, 1.54) is 0 Å². The van der Waals surface area contributed by atoms with Gasteiger partial charge < -0.3 is 19.9 Å². The number of aliphatic hydroxyl groups is 1. The summed E-state index contributed by atoms with van der Waals surface area (Å²) in [4.78, 5) is 0. The Morgan fingerprint density at radius 3 is 2.83 bits per heavy atom. The molecule has 0 aliphatic carbocycles. The SMILES string of the molecule is CCCCn1nnnc1NCc1ccc(OCCO)c(OCC)c1. The van der Waals surface area contributed by atoms with Crippen molar-refractivity contribution in [1.82, 2.24) is 20.2 Å². The number of hydrogen-bond donors (Lipinski definition) is 2. The second-order valence-corrected chi connectivity index (χ2v) is 5.22. The van der Waals surface area contributed by atoms with E-state index in [-0.39, 0.29) is 13.2 Å². The molecule has 0 radical (unpaired) electrons. The van der Waals surface area contributed by atoms with E-state index in [9.17, 15) is 0 Å². The lowest BCUT2D eigenvalue weighted by molar-refractivity contribution is 0.194. The summed E-state index contributed by atoms with van der Waals surface area (Å²) >= 11 is 0. The Morgan fingerprint density at radius 1 is 1.21 bits per heavy atom. The minimum absolute atomic E-state index is 0.0324. The number of nitrogens with zero attached hydrogens (tertiary/aromatic N) is 4. The molecule has 0 spiro atoms. The second kappa shape index (κ2) is 9.71. The Morgan fingerprint density at radius 2 is 2.08 bits per heavy atom. The van der Waals surface area contributed by atoms with Gasteiger partial charge in [-0.2, -0.15) is 0 Å². The Hall–Kier alpha value is -2.35. The molecule has 0 saturated carbocycles. The van der Waals surface area contributed by atoms with Gasteiger partial charge in [0, 0.05) is 13.1 Å². The molecule has 0 atom stereocenters. The third-order valence-electron chi connectivity index (χ3n) is 3.36. The lowest BCUT2D eigenvalue weighted by Crippen LogP contribution is -2.09. The molecule has 0 saturated heterocycles. The van der Waals surface area contributed by atoms with Gasteiger partial charge >= 0.3 is 0 Å². The van der Waals surface area contributed by atoms with Crippen molar-refractivity contribution >= 4 is 5.95 Å². The van der Waals surface area contributed by atoms with Crippen LogP contribution in [0.25, 0.3) is 0 Å². The summed E-state index contributed by atoms with van der Waals surface area (Å²) in [5.74, 6) is 1.94. The molecule has 1 aromatic heterocycles. The number of aryl methyl sites for hydroxylation is 1. The summed E-state index contributed by atoms with van der Waals surface area (Å²) < 4.78 is 12.9. The minimum atomic E-state index is -0.0324. The normalized spacial score (nSPS) is 10.6. The number of rotatable bonds is 11. The van der Waals surface area contributed by atoms with Crippen LogP contribution in [0.15, 0.2) is 18.2 Å². The quantitative estimate of drug-likeness (QED) is 0.647. The summed E-state index contributed by atoms with van der Waals surface area (Å²) in [6, 6.07) is 5.71. The second-order valence-electron chi connectivity index (χ2n) is 5.22. The van der Waals surface area contributed by atoms with Crippen molar-refractivity contribution < 1.29 is 14.6 Å². The van der Waals surface area contributed by atoms with Crippen molar-refractivity contribution in [2.75, 3.05) is 25.1 Å². The molecule has 1 aromatic carbocycles. The van der Waals surface area contributed by atoms with Crippen LogP contribution in [0.5, 0.6) is 11.5 Å². The third kappa shape index (κ3) is 5.09. The van der Waals surface area contributed by atoms with Crippen molar-refractivity contribution in [3.8, 4) is 11.5 Å². The fraction of sp³-hybridized carbons (Fsp3) is 0.562. The molecule has 8 nitrogen and oxygen atoms in total. The Labute approximate surface area is 141 Å². The van der Waals surface area contributed by atoms with Crippen molar-refractivity contribution in [1.29, 1.82) is 0 Å². The molecule has 8 heteroatoms. The van der Waals surface area contributed by atoms with Crippen LogP contribution in [0, 0.1) is 0 Å². The van der Waals surface area contributed by atoms with Gasteiger partial charge in [-0.05, 0) is 41.5 Å². The van der Waals surface area contributed by atoms with E-state index in [0.717, 1.165) is 24.9 Å². The van der Waals surface area contributed by atoms with Crippen molar-refractivity contribution in [3.63, 3.8) is 0 Å². The zero-order valence-corrected chi connectivity index (χ0v) is 14.2. The fourth-order valence-electron chi connectivity index (χ4n) is 2.18. The van der Waals surface area contributed by atoms with Gasteiger partial charge in [-0.1, -0.05) is 24.5 Å². The molecule has 0 bridgehead atoms. The van der Waals surface area contributed by atoms with Crippen LogP contribution in [-0.2, 0) is 13.1 Å². The zero-order valence-electron chi connectivity index (χ0n) is 14.2. The summed E-state index contributed by atoms with van der Waals surface area (Å²) in [7, 11) is 0. The zero-order chi connectivity index (χ0) is 17.2. The standard InChI is InChI=1S/C16H25N5O3/c1-3-5-8-21-16(18-19-20-21)17-12-13-6-7-14(24-10-9-22)15(11-13)23-4-2/h6-7,11,22H,3-5,8-10,12H2,1-2H3,(H,17,18,20). The predicted molar refractivity (Wildman–Crippen MR) is 90.2 cm³/mol. The van der Waals surface area contributed by atoms with E-state index >= 15 is 0 Å². The summed E-state index contributed by atoms with van der Waals surface area (Å²) in [5.41, 5.74) is 1.03. The number of hydrogen-bond acceptors (Lipinski definition) is 7. The third-order valence-corrected chi connectivity index (χ3v) is 3.36. The van der Waals surface area contributed by atoms with E-state index in [4.69, 9.17) is 14.6 Å². The maximum absolute atomic E-state index is 8.88. The number of benzene rings is 1. The lowest BCUT2D eigenvalue weighted by atomic mass is 10.2. The fourth-order valence-corrected chi connectivity index (χ4v) is 2.18. The molecule has 0 amide bonds. The van der Waals surface area contributed by atoms with Gasteiger partial charge in [-0.25, -0.2) is 4.68 Å². The van der Waals surface area contributed by atoms with E-state index in [1.807, 2.05) is 25.1 Å². The Kier molecular flexibility index (Phi) is 7.28. The first kappa shape index (κ1) is 18.0. The predicted octanol–water partition coefficient (Wildman–Crippen LogP) is 1.86. The molecule has 0 aliphatic heterocycles. The topological polar surface area (TPSA) is 94.3 Å². The average molecular weight is 335 g/mol. The first-order valence-electron chi connectivity index (χ1n) is 8.27. The summed E-state index contributed by atoms with van der Waals surface area (Å²) in [6.45, 7) is 6.17. The molecular weight excluding hydrogens is 310 g/mol. The first-order valence-corrected chi connectivity index (χ1v) is 8.27. The largest absolute Gasteiger partial charge is 0.490 e. The number of anilines is 1. The molecule has 132 valence electrons. The van der Waals surface area contributed by atoms with Crippen LogP contribution in [0.1, 0.15) is 32.3 Å². The van der Waals surface area contributed by atoms with Crippen molar-refractivity contribution in [2.45, 2.75) is 39.8 Å². The molecule has 24 heavy (non-hydrogen) atoms. The monoisotopic (exact) mass is 335 g/mol. The molecule has 2 N–H and O–H groups in total. The summed E-state index contributed by atoms with van der Waals surface area (Å²) in [5, 5.41) is 23.8. The molecule has 0 fully saturated rings. The van der Waals surface area contributed by atoms with Gasteiger partial charge in [0.05, 0.1) is 13.2 Å². The Bertz CT molecular complexity index is 618. The van der Waals surface area contributed by atoms with Gasteiger partial charge in [-0.3, -0.25) is 0 Å². The van der Waals surface area contributed by atoms with Crippen LogP contribution in [0.3, 0.4) is 0 Å². The van der Waals surface area contributed by atoms with Crippen LogP contribution < -0.4 is 14.8 Å². The van der Waals surface area contributed by atoms with Crippen LogP contribution in [0.2, 0.25) is 0 Å². The highest BCUT2D eigenvalue weighted by Crippen LogP contribution is 2.28. The number of ether oxygens (including phenoxy) is 2. The van der Waals surface area contributed by atoms with Crippen LogP contribution in [0.4, 0.5) is 5.95 Å². The van der Waals surface area contributed by atoms with Gasteiger partial charge in [-0.15, -0.1) is 0 Å². The number of nitrogens with one attached hydrogen (secondary N) is 1. The number of aliphatic hydroxyl groups excluding tert-OH is 1. The number of aromatic nitrogens is 4. The maximum Gasteiger partial charge on any atom is 0.243 e. The average Bonchev–Trinajstić information content (AvgIpc) is 3.05.